The SMILES string of the molecule is CC(Cl)CCCNCc1cccc(F)c1Cl. The molecule has 1 unspecified atom stereocenters. The van der Waals surface area contributed by atoms with Crippen LogP contribution < -0.4 is 5.32 Å². The van der Waals surface area contributed by atoms with Crippen molar-refractivity contribution in [3.8, 4) is 0 Å². The molecular formula is C12H16Cl2FN. The number of alkyl halides is 1. The van der Waals surface area contributed by atoms with E-state index >= 15 is 0 Å². The minimum absolute atomic E-state index is 0.208. The molecule has 0 amide bonds. The van der Waals surface area contributed by atoms with E-state index < -0.39 is 0 Å². The van der Waals surface area contributed by atoms with Crippen molar-refractivity contribution in [2.45, 2.75) is 31.7 Å². The molecule has 1 rings (SSSR count). The first-order valence-corrected chi connectivity index (χ1v) is 6.20. The van der Waals surface area contributed by atoms with Crippen LogP contribution in [-0.2, 0) is 6.54 Å². The van der Waals surface area contributed by atoms with Gasteiger partial charge in [-0.25, -0.2) is 4.39 Å². The van der Waals surface area contributed by atoms with Crippen molar-refractivity contribution in [1.29, 1.82) is 0 Å². The number of halogens is 3. The monoisotopic (exact) mass is 263 g/mol. The van der Waals surface area contributed by atoms with Gasteiger partial charge < -0.3 is 5.32 Å². The van der Waals surface area contributed by atoms with E-state index in [9.17, 15) is 4.39 Å². The van der Waals surface area contributed by atoms with Crippen molar-refractivity contribution in [2.24, 2.45) is 0 Å². The van der Waals surface area contributed by atoms with E-state index in [1.807, 2.05) is 13.0 Å². The summed E-state index contributed by atoms with van der Waals surface area (Å²) >= 11 is 11.6. The van der Waals surface area contributed by atoms with Gasteiger partial charge in [0.15, 0.2) is 0 Å². The summed E-state index contributed by atoms with van der Waals surface area (Å²) in [4.78, 5) is 0. The van der Waals surface area contributed by atoms with Crippen molar-refractivity contribution in [3.05, 3.63) is 34.6 Å². The van der Waals surface area contributed by atoms with Gasteiger partial charge in [-0.05, 0) is 37.9 Å². The summed E-state index contributed by atoms with van der Waals surface area (Å²) in [6.45, 7) is 3.43. The summed E-state index contributed by atoms with van der Waals surface area (Å²) in [5, 5.41) is 3.63. The van der Waals surface area contributed by atoms with E-state index in [4.69, 9.17) is 23.2 Å². The quantitative estimate of drug-likeness (QED) is 0.605. The molecule has 1 aromatic rings. The van der Waals surface area contributed by atoms with Gasteiger partial charge in [0.05, 0.1) is 5.02 Å². The molecule has 4 heteroatoms. The topological polar surface area (TPSA) is 12.0 Å². The average molecular weight is 264 g/mol. The highest BCUT2D eigenvalue weighted by atomic mass is 35.5. The molecule has 0 aliphatic heterocycles. The summed E-state index contributed by atoms with van der Waals surface area (Å²) in [5.41, 5.74) is 0.792. The van der Waals surface area contributed by atoms with Gasteiger partial charge in [0.1, 0.15) is 5.82 Å². The van der Waals surface area contributed by atoms with Crippen LogP contribution in [0.1, 0.15) is 25.3 Å². The van der Waals surface area contributed by atoms with E-state index in [0.29, 0.717) is 6.54 Å². The molecule has 90 valence electrons. The Hall–Kier alpha value is -0.310. The summed E-state index contributed by atoms with van der Waals surface area (Å²) < 4.78 is 13.1. The highest BCUT2D eigenvalue weighted by molar-refractivity contribution is 6.31. The number of hydrogen-bond donors (Lipinski definition) is 1. The van der Waals surface area contributed by atoms with Gasteiger partial charge in [-0.15, -0.1) is 11.6 Å². The maximum absolute atomic E-state index is 13.1. The first kappa shape index (κ1) is 13.8. The fourth-order valence-corrected chi connectivity index (χ4v) is 1.76. The van der Waals surface area contributed by atoms with Crippen LogP contribution in [0.25, 0.3) is 0 Å². The Balaban J connectivity index is 2.29. The number of nitrogens with one attached hydrogen (secondary N) is 1. The molecule has 1 aromatic carbocycles. The average Bonchev–Trinajstić information content (AvgIpc) is 2.23. The van der Waals surface area contributed by atoms with Crippen LogP contribution in [0, 0.1) is 5.82 Å². The largest absolute Gasteiger partial charge is 0.313 e. The third-order valence-electron chi connectivity index (χ3n) is 2.30. The Kier molecular flexibility index (Phi) is 6.10. The lowest BCUT2D eigenvalue weighted by Gasteiger charge is -2.07. The highest BCUT2D eigenvalue weighted by Gasteiger charge is 2.04. The Morgan fingerprint density at radius 2 is 2.19 bits per heavy atom. The lowest BCUT2D eigenvalue weighted by atomic mass is 10.2. The number of rotatable bonds is 6. The maximum Gasteiger partial charge on any atom is 0.142 e. The van der Waals surface area contributed by atoms with Crippen molar-refractivity contribution < 1.29 is 4.39 Å². The molecule has 16 heavy (non-hydrogen) atoms. The van der Waals surface area contributed by atoms with E-state index in [2.05, 4.69) is 5.32 Å². The van der Waals surface area contributed by atoms with Gasteiger partial charge in [0, 0.05) is 11.9 Å². The zero-order valence-corrected chi connectivity index (χ0v) is 10.8. The van der Waals surface area contributed by atoms with Crippen molar-refractivity contribution in [3.63, 3.8) is 0 Å². The third kappa shape index (κ3) is 4.69. The fourth-order valence-electron chi connectivity index (χ4n) is 1.42. The smallest absolute Gasteiger partial charge is 0.142 e. The third-order valence-corrected chi connectivity index (χ3v) is 2.94. The Bertz CT molecular complexity index is 329. The van der Waals surface area contributed by atoms with Gasteiger partial charge in [-0.1, -0.05) is 23.7 Å². The zero-order chi connectivity index (χ0) is 12.0. The van der Waals surface area contributed by atoms with Crippen LogP contribution in [0.4, 0.5) is 4.39 Å². The van der Waals surface area contributed by atoms with Gasteiger partial charge in [-0.2, -0.15) is 0 Å². The van der Waals surface area contributed by atoms with Gasteiger partial charge >= 0.3 is 0 Å². The van der Waals surface area contributed by atoms with E-state index in [-0.39, 0.29) is 16.2 Å². The minimum atomic E-state index is -0.365. The second-order valence-electron chi connectivity index (χ2n) is 3.81. The van der Waals surface area contributed by atoms with Crippen LogP contribution >= 0.6 is 23.2 Å². The first-order valence-electron chi connectivity index (χ1n) is 5.39. The van der Waals surface area contributed by atoms with Gasteiger partial charge in [0.25, 0.3) is 0 Å². The standard InChI is InChI=1S/C12H16Cl2FN/c1-9(13)4-3-7-16-8-10-5-2-6-11(15)12(10)14/h2,5-6,9,16H,3-4,7-8H2,1H3. The Labute approximate surface area is 106 Å². The predicted octanol–water partition coefficient (Wildman–Crippen LogP) is 3.98. The van der Waals surface area contributed by atoms with Crippen molar-refractivity contribution in [1.82, 2.24) is 5.32 Å². The molecule has 1 atom stereocenters. The van der Waals surface area contributed by atoms with Crippen LogP contribution in [0.15, 0.2) is 18.2 Å². The lowest BCUT2D eigenvalue weighted by molar-refractivity contribution is 0.606. The molecule has 0 aliphatic carbocycles. The van der Waals surface area contributed by atoms with E-state index in [1.54, 1.807) is 6.07 Å². The van der Waals surface area contributed by atoms with Crippen LogP contribution in [0.3, 0.4) is 0 Å². The summed E-state index contributed by atoms with van der Waals surface area (Å²) in [6.07, 6.45) is 1.99. The molecule has 0 aromatic heterocycles. The van der Waals surface area contributed by atoms with Gasteiger partial charge in [0.2, 0.25) is 0 Å². The molecular weight excluding hydrogens is 248 g/mol. The second-order valence-corrected chi connectivity index (χ2v) is 4.94. The van der Waals surface area contributed by atoms with Crippen molar-refractivity contribution in [2.75, 3.05) is 6.54 Å². The van der Waals surface area contributed by atoms with Crippen LogP contribution in [-0.4, -0.2) is 11.9 Å². The molecule has 0 spiro atoms. The van der Waals surface area contributed by atoms with E-state index in [1.165, 1.54) is 6.07 Å². The summed E-state index contributed by atoms with van der Waals surface area (Å²) in [5.74, 6) is -0.365. The zero-order valence-electron chi connectivity index (χ0n) is 9.27. The maximum atomic E-state index is 13.1. The Morgan fingerprint density at radius 1 is 1.44 bits per heavy atom. The predicted molar refractivity (Wildman–Crippen MR) is 67.7 cm³/mol. The molecule has 1 nitrogen and oxygen atoms in total. The Morgan fingerprint density at radius 3 is 2.88 bits per heavy atom. The van der Waals surface area contributed by atoms with Crippen LogP contribution in [0.5, 0.6) is 0 Å². The highest BCUT2D eigenvalue weighted by Crippen LogP contribution is 2.19. The second kappa shape index (κ2) is 7.10. The number of hydrogen-bond acceptors (Lipinski definition) is 1. The molecule has 0 heterocycles. The minimum Gasteiger partial charge on any atom is -0.313 e. The molecule has 0 radical (unpaired) electrons. The summed E-state index contributed by atoms with van der Waals surface area (Å²) in [6, 6.07) is 4.85. The molecule has 0 bridgehead atoms. The van der Waals surface area contributed by atoms with Gasteiger partial charge in [-0.3, -0.25) is 0 Å². The number of benzene rings is 1. The molecule has 1 N–H and O–H groups in total. The molecule has 0 fully saturated rings. The summed E-state index contributed by atoms with van der Waals surface area (Å²) in [7, 11) is 0. The normalized spacial score (nSPS) is 12.8. The lowest BCUT2D eigenvalue weighted by Crippen LogP contribution is -2.16. The van der Waals surface area contributed by atoms with Crippen LogP contribution in [0.2, 0.25) is 5.02 Å². The first-order chi connectivity index (χ1) is 7.61. The molecule has 0 saturated carbocycles. The van der Waals surface area contributed by atoms with E-state index in [0.717, 1.165) is 24.9 Å². The van der Waals surface area contributed by atoms with Crippen molar-refractivity contribution >= 4 is 23.2 Å². The molecule has 0 saturated heterocycles. The molecule has 0 aliphatic rings. The fraction of sp³-hybridized carbons (Fsp3) is 0.500.